The Kier molecular flexibility index (Phi) is 5.59. The van der Waals surface area contributed by atoms with E-state index in [0.29, 0.717) is 12.5 Å². The lowest BCUT2D eigenvalue weighted by molar-refractivity contribution is 1.04. The zero-order valence-electron chi connectivity index (χ0n) is 16.3. The molecular weight excluding hydrogens is 426 g/mol. The molecule has 0 amide bonds. The minimum atomic E-state index is 0.557. The van der Waals surface area contributed by atoms with Gasteiger partial charge in [0.05, 0.1) is 22.8 Å². The second kappa shape index (κ2) is 8.99. The van der Waals surface area contributed by atoms with Gasteiger partial charge in [0.15, 0.2) is 5.13 Å². The van der Waals surface area contributed by atoms with Gasteiger partial charge in [0.25, 0.3) is 0 Å². The fraction of sp³-hybridized carbons (Fsp3) is 0.0455. The average Bonchev–Trinajstić information content (AvgIpc) is 3.49. The standard InChI is InChI=1S/C22H17N7S2/c1-2-6-15(7-3-1)17-14-30-20(27-17)13-25-21-24-11-9-16(28-21)18-12-26-22(31-18)29-19-8-4-5-10-23-19/h1-12,14H,13H2,(H,23,26,29)(H,24,25,28). The van der Waals surface area contributed by atoms with E-state index in [0.717, 1.165) is 37.8 Å². The van der Waals surface area contributed by atoms with Crippen molar-refractivity contribution in [3.05, 3.63) is 83.6 Å². The van der Waals surface area contributed by atoms with Crippen LogP contribution in [0.25, 0.3) is 21.8 Å². The average molecular weight is 444 g/mol. The Hall–Kier alpha value is -3.69. The van der Waals surface area contributed by atoms with E-state index in [1.54, 1.807) is 29.9 Å². The number of thiazole rings is 2. The molecule has 31 heavy (non-hydrogen) atoms. The topological polar surface area (TPSA) is 88.5 Å². The maximum Gasteiger partial charge on any atom is 0.223 e. The van der Waals surface area contributed by atoms with Crippen molar-refractivity contribution in [1.29, 1.82) is 0 Å². The number of pyridine rings is 1. The molecule has 4 heterocycles. The molecule has 0 aliphatic heterocycles. The van der Waals surface area contributed by atoms with Crippen molar-refractivity contribution < 1.29 is 0 Å². The predicted octanol–water partition coefficient (Wildman–Crippen LogP) is 5.47. The Balaban J connectivity index is 1.25. The fourth-order valence-electron chi connectivity index (χ4n) is 2.87. The van der Waals surface area contributed by atoms with Gasteiger partial charge in [-0.15, -0.1) is 11.3 Å². The quantitative estimate of drug-likeness (QED) is 0.344. The summed E-state index contributed by atoms with van der Waals surface area (Å²) in [4.78, 5) is 23.3. The summed E-state index contributed by atoms with van der Waals surface area (Å²) in [5, 5.41) is 10.3. The third-order valence-electron chi connectivity index (χ3n) is 4.33. The van der Waals surface area contributed by atoms with Crippen LogP contribution in [0.5, 0.6) is 0 Å². The maximum absolute atomic E-state index is 4.70. The molecule has 7 nitrogen and oxygen atoms in total. The first kappa shape index (κ1) is 19.3. The van der Waals surface area contributed by atoms with Gasteiger partial charge in [0, 0.05) is 29.5 Å². The Morgan fingerprint density at radius 2 is 1.71 bits per heavy atom. The maximum atomic E-state index is 4.70. The lowest BCUT2D eigenvalue weighted by Crippen LogP contribution is -2.03. The SMILES string of the molecule is c1ccc(-c2csc(CNc3nccc(-c4cnc(Nc5ccccn5)s4)n3)n2)cc1. The highest BCUT2D eigenvalue weighted by Crippen LogP contribution is 2.29. The molecule has 5 aromatic rings. The van der Waals surface area contributed by atoms with Crippen LogP contribution in [-0.2, 0) is 6.54 Å². The van der Waals surface area contributed by atoms with Gasteiger partial charge in [-0.3, -0.25) is 0 Å². The van der Waals surface area contributed by atoms with Gasteiger partial charge in [-0.2, -0.15) is 0 Å². The van der Waals surface area contributed by atoms with Crippen LogP contribution in [0.2, 0.25) is 0 Å². The zero-order chi connectivity index (χ0) is 20.9. The molecule has 0 radical (unpaired) electrons. The Morgan fingerprint density at radius 1 is 0.806 bits per heavy atom. The summed E-state index contributed by atoms with van der Waals surface area (Å²) < 4.78 is 0. The molecule has 0 spiro atoms. The molecule has 0 aliphatic rings. The van der Waals surface area contributed by atoms with Crippen molar-refractivity contribution in [3.63, 3.8) is 0 Å². The smallest absolute Gasteiger partial charge is 0.223 e. The molecule has 0 saturated heterocycles. The molecule has 5 rings (SSSR count). The number of nitrogens with one attached hydrogen (secondary N) is 2. The summed E-state index contributed by atoms with van der Waals surface area (Å²) in [6.45, 7) is 0.566. The highest BCUT2D eigenvalue weighted by atomic mass is 32.1. The minimum Gasteiger partial charge on any atom is -0.348 e. The number of benzene rings is 1. The van der Waals surface area contributed by atoms with E-state index < -0.39 is 0 Å². The summed E-state index contributed by atoms with van der Waals surface area (Å²) >= 11 is 3.13. The Bertz CT molecular complexity index is 1270. The van der Waals surface area contributed by atoms with Crippen LogP contribution in [0, 0.1) is 0 Å². The minimum absolute atomic E-state index is 0.557. The van der Waals surface area contributed by atoms with Crippen molar-refractivity contribution in [2.24, 2.45) is 0 Å². The van der Waals surface area contributed by atoms with Crippen LogP contribution in [0.3, 0.4) is 0 Å². The molecule has 0 bridgehead atoms. The van der Waals surface area contributed by atoms with Crippen LogP contribution < -0.4 is 10.6 Å². The van der Waals surface area contributed by atoms with Gasteiger partial charge in [-0.05, 0) is 18.2 Å². The number of aromatic nitrogens is 5. The van der Waals surface area contributed by atoms with Crippen molar-refractivity contribution in [1.82, 2.24) is 24.9 Å². The van der Waals surface area contributed by atoms with E-state index in [-0.39, 0.29) is 0 Å². The third-order valence-corrected chi connectivity index (χ3v) is 6.12. The van der Waals surface area contributed by atoms with Crippen LogP contribution in [0.4, 0.5) is 16.9 Å². The molecule has 1 aromatic carbocycles. The van der Waals surface area contributed by atoms with E-state index in [9.17, 15) is 0 Å². The monoisotopic (exact) mass is 443 g/mol. The predicted molar refractivity (Wildman–Crippen MR) is 126 cm³/mol. The summed E-state index contributed by atoms with van der Waals surface area (Å²) in [7, 11) is 0. The van der Waals surface area contributed by atoms with E-state index in [4.69, 9.17) is 4.98 Å². The third kappa shape index (κ3) is 4.73. The molecule has 0 atom stereocenters. The highest BCUT2D eigenvalue weighted by Gasteiger charge is 2.09. The van der Waals surface area contributed by atoms with Crippen molar-refractivity contribution >= 4 is 39.6 Å². The number of nitrogens with zero attached hydrogens (tertiary/aromatic N) is 5. The van der Waals surface area contributed by atoms with Gasteiger partial charge >= 0.3 is 0 Å². The lowest BCUT2D eigenvalue weighted by atomic mass is 10.2. The molecule has 9 heteroatoms. The largest absolute Gasteiger partial charge is 0.348 e. The first-order valence-electron chi connectivity index (χ1n) is 9.54. The second-order valence-electron chi connectivity index (χ2n) is 6.48. The van der Waals surface area contributed by atoms with E-state index in [1.807, 2.05) is 42.5 Å². The van der Waals surface area contributed by atoms with Crippen LogP contribution in [0.1, 0.15) is 5.01 Å². The van der Waals surface area contributed by atoms with Crippen molar-refractivity contribution in [3.8, 4) is 21.8 Å². The molecule has 0 aliphatic carbocycles. The zero-order valence-corrected chi connectivity index (χ0v) is 17.9. The van der Waals surface area contributed by atoms with Gasteiger partial charge in [-0.1, -0.05) is 47.7 Å². The number of hydrogen-bond donors (Lipinski definition) is 2. The van der Waals surface area contributed by atoms with Gasteiger partial charge in [0.1, 0.15) is 10.8 Å². The van der Waals surface area contributed by atoms with Crippen LogP contribution in [-0.4, -0.2) is 24.9 Å². The summed E-state index contributed by atoms with van der Waals surface area (Å²) in [5.41, 5.74) is 2.91. The number of hydrogen-bond acceptors (Lipinski definition) is 9. The molecular formula is C22H17N7S2. The van der Waals surface area contributed by atoms with Gasteiger partial charge in [-0.25, -0.2) is 24.9 Å². The summed E-state index contributed by atoms with van der Waals surface area (Å²) in [6, 6.07) is 17.7. The first-order valence-corrected chi connectivity index (χ1v) is 11.2. The lowest BCUT2D eigenvalue weighted by Gasteiger charge is -2.04. The second-order valence-corrected chi connectivity index (χ2v) is 8.45. The Morgan fingerprint density at radius 3 is 2.58 bits per heavy atom. The first-order chi connectivity index (χ1) is 15.3. The highest BCUT2D eigenvalue weighted by molar-refractivity contribution is 7.18. The van der Waals surface area contributed by atoms with Gasteiger partial charge < -0.3 is 10.6 Å². The van der Waals surface area contributed by atoms with Crippen molar-refractivity contribution in [2.45, 2.75) is 6.54 Å². The molecule has 152 valence electrons. The molecule has 0 unspecified atom stereocenters. The molecule has 2 N–H and O–H groups in total. The fourth-order valence-corrected chi connectivity index (χ4v) is 4.40. The van der Waals surface area contributed by atoms with Crippen LogP contribution in [0.15, 0.2) is 78.6 Å². The van der Waals surface area contributed by atoms with E-state index in [2.05, 4.69) is 48.1 Å². The summed E-state index contributed by atoms with van der Waals surface area (Å²) in [6.07, 6.45) is 5.28. The number of anilines is 3. The molecule has 0 saturated carbocycles. The van der Waals surface area contributed by atoms with Crippen LogP contribution >= 0.6 is 22.7 Å². The normalized spacial score (nSPS) is 10.7. The Labute approximate surface area is 187 Å². The molecule has 0 fully saturated rings. The van der Waals surface area contributed by atoms with E-state index in [1.165, 1.54) is 11.3 Å². The number of rotatable bonds is 7. The van der Waals surface area contributed by atoms with Gasteiger partial charge in [0.2, 0.25) is 5.95 Å². The van der Waals surface area contributed by atoms with Crippen molar-refractivity contribution in [2.75, 3.05) is 10.6 Å². The summed E-state index contributed by atoms with van der Waals surface area (Å²) in [5.74, 6) is 1.31. The molecule has 4 aromatic heterocycles. The van der Waals surface area contributed by atoms with E-state index >= 15 is 0 Å².